The maximum Gasteiger partial charge on any atom is 0.253 e. The molecule has 0 bridgehead atoms. The molecule has 118 valence electrons. The summed E-state index contributed by atoms with van der Waals surface area (Å²) in [6.07, 6.45) is 4.38. The Bertz CT molecular complexity index is 601. The van der Waals surface area contributed by atoms with Gasteiger partial charge in [0, 0.05) is 30.5 Å². The Kier molecular flexibility index (Phi) is 7.32. The van der Waals surface area contributed by atoms with Gasteiger partial charge >= 0.3 is 0 Å². The summed E-state index contributed by atoms with van der Waals surface area (Å²) < 4.78 is 0. The van der Waals surface area contributed by atoms with Crippen molar-refractivity contribution in [1.82, 2.24) is 15.6 Å². The van der Waals surface area contributed by atoms with Crippen LogP contribution in [0.15, 0.2) is 48.8 Å². The zero-order chi connectivity index (χ0) is 13.8. The van der Waals surface area contributed by atoms with E-state index in [4.69, 9.17) is 0 Å². The Hall–Kier alpha value is -1.62. The molecule has 6 heteroatoms. The van der Waals surface area contributed by atoms with Gasteiger partial charge in [-0.1, -0.05) is 30.3 Å². The summed E-state index contributed by atoms with van der Waals surface area (Å²) in [5, 5.41) is 6.27. The van der Waals surface area contributed by atoms with Crippen molar-refractivity contribution < 1.29 is 4.79 Å². The monoisotopic (exact) mass is 339 g/mol. The van der Waals surface area contributed by atoms with E-state index >= 15 is 0 Å². The highest BCUT2D eigenvalue weighted by atomic mass is 35.5. The van der Waals surface area contributed by atoms with Gasteiger partial charge in [-0.2, -0.15) is 0 Å². The van der Waals surface area contributed by atoms with Gasteiger partial charge in [0.2, 0.25) is 0 Å². The quantitative estimate of drug-likeness (QED) is 0.903. The third-order valence-electron chi connectivity index (χ3n) is 3.50. The molecule has 1 amide bonds. The molecule has 4 nitrogen and oxygen atoms in total. The Balaban J connectivity index is 0.00000121. The molecule has 1 atom stereocenters. The topological polar surface area (TPSA) is 54.0 Å². The van der Waals surface area contributed by atoms with Crippen LogP contribution in [0.1, 0.15) is 16.8 Å². The van der Waals surface area contributed by atoms with Crippen LogP contribution in [0.25, 0.3) is 11.1 Å². The summed E-state index contributed by atoms with van der Waals surface area (Å²) in [6.45, 7) is 1.81. The van der Waals surface area contributed by atoms with Crippen LogP contribution in [-0.4, -0.2) is 30.0 Å². The number of benzene rings is 1. The second-order valence-corrected chi connectivity index (χ2v) is 4.99. The maximum absolute atomic E-state index is 12.2. The minimum Gasteiger partial charge on any atom is -0.348 e. The van der Waals surface area contributed by atoms with E-state index in [-0.39, 0.29) is 36.8 Å². The molecule has 1 aliphatic heterocycles. The molecular formula is C16H19Cl2N3O. The van der Waals surface area contributed by atoms with Crippen LogP contribution >= 0.6 is 24.8 Å². The second kappa shape index (κ2) is 8.73. The first-order chi connectivity index (χ1) is 9.83. The number of halogens is 2. The lowest BCUT2D eigenvalue weighted by Crippen LogP contribution is -2.36. The number of carbonyl (C=O) groups is 1. The van der Waals surface area contributed by atoms with Crippen molar-refractivity contribution in [1.29, 1.82) is 0 Å². The smallest absolute Gasteiger partial charge is 0.253 e. The third kappa shape index (κ3) is 4.44. The summed E-state index contributed by atoms with van der Waals surface area (Å²) in [7, 11) is 0. The van der Waals surface area contributed by atoms with Crippen LogP contribution in [-0.2, 0) is 0 Å². The van der Waals surface area contributed by atoms with E-state index in [1.54, 1.807) is 12.4 Å². The molecule has 1 saturated heterocycles. The molecule has 2 aromatic rings. The van der Waals surface area contributed by atoms with Crippen molar-refractivity contribution in [2.45, 2.75) is 12.5 Å². The van der Waals surface area contributed by atoms with Crippen molar-refractivity contribution in [3.05, 3.63) is 54.4 Å². The molecule has 0 radical (unpaired) electrons. The highest BCUT2D eigenvalue weighted by molar-refractivity contribution is 5.95. The first-order valence-corrected chi connectivity index (χ1v) is 6.85. The lowest BCUT2D eigenvalue weighted by atomic mass is 10.1. The largest absolute Gasteiger partial charge is 0.348 e. The van der Waals surface area contributed by atoms with E-state index in [0.717, 1.165) is 30.6 Å². The van der Waals surface area contributed by atoms with E-state index < -0.39 is 0 Å². The number of rotatable bonds is 3. The van der Waals surface area contributed by atoms with Crippen molar-refractivity contribution >= 4 is 30.7 Å². The number of nitrogens with one attached hydrogen (secondary N) is 2. The fraction of sp³-hybridized carbons (Fsp3) is 0.250. The summed E-state index contributed by atoms with van der Waals surface area (Å²) >= 11 is 0. The second-order valence-electron chi connectivity index (χ2n) is 4.99. The van der Waals surface area contributed by atoms with E-state index in [9.17, 15) is 4.79 Å². The fourth-order valence-electron chi connectivity index (χ4n) is 2.40. The zero-order valence-corrected chi connectivity index (χ0v) is 13.6. The summed E-state index contributed by atoms with van der Waals surface area (Å²) in [6, 6.07) is 12.1. The Morgan fingerprint density at radius 1 is 1.14 bits per heavy atom. The van der Waals surface area contributed by atoms with E-state index in [0.29, 0.717) is 5.56 Å². The number of pyridine rings is 1. The van der Waals surface area contributed by atoms with Gasteiger partial charge in [-0.25, -0.2) is 0 Å². The Labute approximate surface area is 142 Å². The van der Waals surface area contributed by atoms with Crippen LogP contribution in [0.2, 0.25) is 0 Å². The third-order valence-corrected chi connectivity index (χ3v) is 3.50. The molecule has 1 aromatic heterocycles. The van der Waals surface area contributed by atoms with Gasteiger partial charge in [0.05, 0.1) is 5.56 Å². The minimum absolute atomic E-state index is 0. The predicted molar refractivity (Wildman–Crippen MR) is 92.9 cm³/mol. The molecular weight excluding hydrogens is 321 g/mol. The normalized spacial score (nSPS) is 16.3. The van der Waals surface area contributed by atoms with Gasteiger partial charge in [0.1, 0.15) is 0 Å². The molecule has 22 heavy (non-hydrogen) atoms. The van der Waals surface area contributed by atoms with E-state index in [1.807, 2.05) is 36.4 Å². The van der Waals surface area contributed by atoms with Gasteiger partial charge in [-0.15, -0.1) is 24.8 Å². The number of aromatic nitrogens is 1. The van der Waals surface area contributed by atoms with Gasteiger partial charge in [0.25, 0.3) is 5.91 Å². The van der Waals surface area contributed by atoms with E-state index in [1.165, 1.54) is 0 Å². The van der Waals surface area contributed by atoms with Crippen LogP contribution in [0, 0.1) is 0 Å². The molecule has 3 rings (SSSR count). The average Bonchev–Trinajstić information content (AvgIpc) is 3.01. The van der Waals surface area contributed by atoms with Gasteiger partial charge in [-0.3, -0.25) is 9.78 Å². The lowest BCUT2D eigenvalue weighted by molar-refractivity contribution is 0.0939. The molecule has 1 aromatic carbocycles. The van der Waals surface area contributed by atoms with E-state index in [2.05, 4.69) is 15.6 Å². The zero-order valence-electron chi connectivity index (χ0n) is 12.0. The van der Waals surface area contributed by atoms with Crippen LogP contribution in [0.5, 0.6) is 0 Å². The number of nitrogens with zero attached hydrogens (tertiary/aromatic N) is 1. The minimum atomic E-state index is -0.0519. The first kappa shape index (κ1) is 18.4. The SMILES string of the molecule is Cl.Cl.O=C(NC1CCNC1)c1cncc(-c2ccccc2)c1. The predicted octanol–water partition coefficient (Wildman–Crippen LogP) is 2.68. The van der Waals surface area contributed by atoms with Crippen LogP contribution < -0.4 is 10.6 Å². The number of hydrogen-bond donors (Lipinski definition) is 2. The first-order valence-electron chi connectivity index (χ1n) is 6.85. The van der Waals surface area contributed by atoms with Gasteiger partial charge < -0.3 is 10.6 Å². The molecule has 1 unspecified atom stereocenters. The number of amides is 1. The summed E-state index contributed by atoms with van der Waals surface area (Å²) in [5.74, 6) is -0.0519. The molecule has 2 N–H and O–H groups in total. The number of hydrogen-bond acceptors (Lipinski definition) is 3. The van der Waals surface area contributed by atoms with Crippen molar-refractivity contribution in [2.24, 2.45) is 0 Å². The highest BCUT2D eigenvalue weighted by Gasteiger charge is 2.17. The molecule has 0 aliphatic carbocycles. The van der Waals surface area contributed by atoms with Crippen molar-refractivity contribution in [3.8, 4) is 11.1 Å². The maximum atomic E-state index is 12.2. The molecule has 0 spiro atoms. The van der Waals surface area contributed by atoms with Crippen molar-refractivity contribution in [3.63, 3.8) is 0 Å². The fourth-order valence-corrected chi connectivity index (χ4v) is 2.40. The Morgan fingerprint density at radius 2 is 1.91 bits per heavy atom. The Morgan fingerprint density at radius 3 is 2.59 bits per heavy atom. The standard InChI is InChI=1S/C16H17N3O.2ClH/c20-16(19-15-6-7-17-11-15)14-8-13(9-18-10-14)12-4-2-1-3-5-12;;/h1-5,8-10,15,17H,6-7,11H2,(H,19,20);2*1H. The average molecular weight is 340 g/mol. The molecule has 0 saturated carbocycles. The summed E-state index contributed by atoms with van der Waals surface area (Å²) in [4.78, 5) is 16.4. The van der Waals surface area contributed by atoms with Crippen LogP contribution in [0.3, 0.4) is 0 Å². The summed E-state index contributed by atoms with van der Waals surface area (Å²) in [5.41, 5.74) is 2.64. The number of carbonyl (C=O) groups excluding carboxylic acids is 1. The molecule has 1 aliphatic rings. The lowest BCUT2D eigenvalue weighted by Gasteiger charge is -2.11. The molecule has 1 fully saturated rings. The molecule has 2 heterocycles. The van der Waals surface area contributed by atoms with Crippen LogP contribution in [0.4, 0.5) is 0 Å². The van der Waals surface area contributed by atoms with Gasteiger partial charge in [0.15, 0.2) is 0 Å². The highest BCUT2D eigenvalue weighted by Crippen LogP contribution is 2.18. The van der Waals surface area contributed by atoms with Gasteiger partial charge in [-0.05, 0) is 24.6 Å². The van der Waals surface area contributed by atoms with Crippen molar-refractivity contribution in [2.75, 3.05) is 13.1 Å².